The zero-order valence-electron chi connectivity index (χ0n) is 12.6. The summed E-state index contributed by atoms with van der Waals surface area (Å²) in [5.41, 5.74) is 6.41. The molecule has 2 N–H and O–H groups in total. The lowest BCUT2D eigenvalue weighted by Crippen LogP contribution is -2.33. The minimum Gasteiger partial charge on any atom is -0.490 e. The minimum atomic E-state index is -0.487. The van der Waals surface area contributed by atoms with Crippen molar-refractivity contribution in [1.82, 2.24) is 4.90 Å². The van der Waals surface area contributed by atoms with E-state index in [4.69, 9.17) is 10.5 Å². The number of hydrogen-bond acceptors (Lipinski definition) is 3. The molecule has 0 aromatic heterocycles. The maximum absolute atomic E-state index is 13.9. The standard InChI is InChI=1S/C16H21FN2O2.ClH/c1-2-21-15-11(4-3-5-13(15)17)16(20)19-8-10-6-7-14(18)12(10)9-19;/h3-5,10,12,14H,2,6-9,18H2,1H3;1H. The Kier molecular flexibility index (Phi) is 5.29. The number of fused-ring (bicyclic) bond motifs is 1. The molecule has 0 bridgehead atoms. The number of halogens is 2. The molecule has 2 aliphatic rings. The molecule has 1 amide bonds. The van der Waals surface area contributed by atoms with Crippen molar-refractivity contribution < 1.29 is 13.9 Å². The van der Waals surface area contributed by atoms with Gasteiger partial charge < -0.3 is 15.4 Å². The van der Waals surface area contributed by atoms with Crippen LogP contribution in [-0.2, 0) is 0 Å². The largest absolute Gasteiger partial charge is 0.490 e. The monoisotopic (exact) mass is 328 g/mol. The molecule has 0 spiro atoms. The molecular weight excluding hydrogens is 307 g/mol. The van der Waals surface area contributed by atoms with Crippen molar-refractivity contribution in [2.75, 3.05) is 19.7 Å². The van der Waals surface area contributed by atoms with Crippen molar-refractivity contribution in [3.8, 4) is 5.75 Å². The van der Waals surface area contributed by atoms with Crippen molar-refractivity contribution in [3.63, 3.8) is 0 Å². The van der Waals surface area contributed by atoms with E-state index in [1.807, 2.05) is 0 Å². The molecule has 3 atom stereocenters. The number of nitrogens with zero attached hydrogens (tertiary/aromatic N) is 1. The fourth-order valence-corrected chi connectivity index (χ4v) is 3.61. The van der Waals surface area contributed by atoms with Gasteiger partial charge in [0.15, 0.2) is 11.6 Å². The number of nitrogens with two attached hydrogens (primary N) is 1. The Labute approximate surface area is 136 Å². The highest BCUT2D eigenvalue weighted by atomic mass is 35.5. The molecule has 4 nitrogen and oxygen atoms in total. The second kappa shape index (κ2) is 6.84. The lowest BCUT2D eigenvalue weighted by Gasteiger charge is -2.20. The molecule has 2 fully saturated rings. The second-order valence-electron chi connectivity index (χ2n) is 5.92. The summed E-state index contributed by atoms with van der Waals surface area (Å²) in [6.07, 6.45) is 2.12. The first kappa shape index (κ1) is 17.0. The normalized spacial score (nSPS) is 26.5. The van der Waals surface area contributed by atoms with Gasteiger partial charge in [-0.25, -0.2) is 4.39 Å². The highest BCUT2D eigenvalue weighted by Crippen LogP contribution is 2.38. The number of carbonyl (C=O) groups is 1. The number of rotatable bonds is 3. The van der Waals surface area contributed by atoms with E-state index in [9.17, 15) is 9.18 Å². The fourth-order valence-electron chi connectivity index (χ4n) is 3.61. The Morgan fingerprint density at radius 2 is 2.18 bits per heavy atom. The Balaban J connectivity index is 0.00000176. The van der Waals surface area contributed by atoms with Crippen LogP contribution < -0.4 is 10.5 Å². The van der Waals surface area contributed by atoms with Crippen LogP contribution in [0.3, 0.4) is 0 Å². The summed E-state index contributed by atoms with van der Waals surface area (Å²) in [6.45, 7) is 3.50. The van der Waals surface area contributed by atoms with Crippen LogP contribution in [-0.4, -0.2) is 36.5 Å². The summed E-state index contributed by atoms with van der Waals surface area (Å²) in [5, 5.41) is 0. The third-order valence-corrected chi connectivity index (χ3v) is 4.69. The molecule has 22 heavy (non-hydrogen) atoms. The molecule has 1 heterocycles. The Morgan fingerprint density at radius 1 is 1.41 bits per heavy atom. The number of carbonyl (C=O) groups excluding carboxylic acids is 1. The molecule has 1 saturated heterocycles. The number of para-hydroxylation sites is 1. The summed E-state index contributed by atoms with van der Waals surface area (Å²) in [6, 6.07) is 4.68. The van der Waals surface area contributed by atoms with Gasteiger partial charge in [-0.15, -0.1) is 12.4 Å². The molecule has 1 aromatic carbocycles. The van der Waals surface area contributed by atoms with Crippen LogP contribution in [0, 0.1) is 17.7 Å². The van der Waals surface area contributed by atoms with E-state index in [0.29, 0.717) is 30.6 Å². The van der Waals surface area contributed by atoms with Gasteiger partial charge in [-0.05, 0) is 43.7 Å². The number of ether oxygens (including phenoxy) is 1. The molecular formula is C16H22ClFN2O2. The van der Waals surface area contributed by atoms with Crippen LogP contribution in [0.1, 0.15) is 30.1 Å². The van der Waals surface area contributed by atoms with E-state index >= 15 is 0 Å². The van der Waals surface area contributed by atoms with E-state index in [2.05, 4.69) is 0 Å². The second-order valence-corrected chi connectivity index (χ2v) is 5.92. The summed E-state index contributed by atoms with van der Waals surface area (Å²) >= 11 is 0. The highest BCUT2D eigenvalue weighted by Gasteiger charge is 2.43. The predicted octanol–water partition coefficient (Wildman–Crippen LogP) is 2.46. The SMILES string of the molecule is CCOc1c(F)cccc1C(=O)N1CC2CCC(N)C2C1.Cl. The number of benzene rings is 1. The maximum atomic E-state index is 13.9. The van der Waals surface area contributed by atoms with Gasteiger partial charge in [-0.1, -0.05) is 6.07 Å². The Hall–Kier alpha value is -1.33. The maximum Gasteiger partial charge on any atom is 0.257 e. The summed E-state index contributed by atoms with van der Waals surface area (Å²) in [7, 11) is 0. The molecule has 0 radical (unpaired) electrons. The van der Waals surface area contributed by atoms with Gasteiger partial charge in [-0.3, -0.25) is 4.79 Å². The average Bonchev–Trinajstić information content (AvgIpc) is 3.03. The van der Waals surface area contributed by atoms with E-state index in [-0.39, 0.29) is 30.1 Å². The lowest BCUT2D eigenvalue weighted by atomic mass is 9.98. The van der Waals surface area contributed by atoms with Crippen LogP contribution in [0.5, 0.6) is 5.75 Å². The van der Waals surface area contributed by atoms with Crippen molar-refractivity contribution in [3.05, 3.63) is 29.6 Å². The van der Waals surface area contributed by atoms with Gasteiger partial charge in [0.2, 0.25) is 0 Å². The fraction of sp³-hybridized carbons (Fsp3) is 0.562. The van der Waals surface area contributed by atoms with E-state index in [1.54, 1.807) is 24.0 Å². The molecule has 122 valence electrons. The van der Waals surface area contributed by atoms with Gasteiger partial charge in [0.25, 0.3) is 5.91 Å². The van der Waals surface area contributed by atoms with Crippen LogP contribution in [0.4, 0.5) is 4.39 Å². The predicted molar refractivity (Wildman–Crippen MR) is 84.9 cm³/mol. The van der Waals surface area contributed by atoms with E-state index in [0.717, 1.165) is 19.4 Å². The zero-order chi connectivity index (χ0) is 15.0. The van der Waals surface area contributed by atoms with Crippen molar-refractivity contribution >= 4 is 18.3 Å². The highest BCUT2D eigenvalue weighted by molar-refractivity contribution is 5.97. The quantitative estimate of drug-likeness (QED) is 0.927. The van der Waals surface area contributed by atoms with Gasteiger partial charge in [0.1, 0.15) is 0 Å². The molecule has 1 saturated carbocycles. The van der Waals surface area contributed by atoms with Crippen molar-refractivity contribution in [1.29, 1.82) is 0 Å². The number of likely N-dealkylation sites (tertiary alicyclic amines) is 1. The zero-order valence-corrected chi connectivity index (χ0v) is 13.4. The van der Waals surface area contributed by atoms with Crippen molar-refractivity contribution in [2.24, 2.45) is 17.6 Å². The number of hydrogen-bond donors (Lipinski definition) is 1. The molecule has 3 unspecified atom stereocenters. The molecule has 1 aliphatic heterocycles. The lowest BCUT2D eigenvalue weighted by molar-refractivity contribution is 0.0774. The first-order valence-electron chi connectivity index (χ1n) is 7.58. The minimum absolute atomic E-state index is 0. The van der Waals surface area contributed by atoms with Gasteiger partial charge in [0.05, 0.1) is 12.2 Å². The van der Waals surface area contributed by atoms with Crippen LogP contribution >= 0.6 is 12.4 Å². The van der Waals surface area contributed by atoms with Gasteiger partial charge >= 0.3 is 0 Å². The van der Waals surface area contributed by atoms with Crippen LogP contribution in [0.15, 0.2) is 18.2 Å². The first-order chi connectivity index (χ1) is 10.1. The van der Waals surface area contributed by atoms with Gasteiger partial charge in [-0.2, -0.15) is 0 Å². The number of amides is 1. The third kappa shape index (κ3) is 2.92. The van der Waals surface area contributed by atoms with E-state index in [1.165, 1.54) is 6.07 Å². The smallest absolute Gasteiger partial charge is 0.257 e. The summed E-state index contributed by atoms with van der Waals surface area (Å²) in [4.78, 5) is 14.5. The first-order valence-corrected chi connectivity index (χ1v) is 7.58. The molecule has 1 aliphatic carbocycles. The third-order valence-electron chi connectivity index (χ3n) is 4.69. The van der Waals surface area contributed by atoms with Gasteiger partial charge in [0, 0.05) is 19.1 Å². The average molecular weight is 329 g/mol. The molecule has 1 aromatic rings. The molecule has 3 rings (SSSR count). The van der Waals surface area contributed by atoms with Crippen LogP contribution in [0.2, 0.25) is 0 Å². The summed E-state index contributed by atoms with van der Waals surface area (Å²) in [5.74, 6) is 0.302. The molecule has 6 heteroatoms. The summed E-state index contributed by atoms with van der Waals surface area (Å²) < 4.78 is 19.2. The van der Waals surface area contributed by atoms with Crippen molar-refractivity contribution in [2.45, 2.75) is 25.8 Å². The van der Waals surface area contributed by atoms with Crippen LogP contribution in [0.25, 0.3) is 0 Å². The topological polar surface area (TPSA) is 55.6 Å². The Morgan fingerprint density at radius 3 is 2.86 bits per heavy atom. The van der Waals surface area contributed by atoms with E-state index < -0.39 is 5.82 Å². The Bertz CT molecular complexity index is 555.